The largest absolute Gasteiger partial charge is 0.271 e. The standard InChI is InChI=1S/C18H25N3/c1-3-14(2)18(16-7-5-4-6-8-16)17(21-19)13-15-9-11-20-12-10-15/h4-12,14,17-18,21H,3,13,19H2,1-2H3. The Labute approximate surface area is 127 Å². The molecule has 0 radical (unpaired) electrons. The number of nitrogens with two attached hydrogens (primary N) is 1. The van der Waals surface area contributed by atoms with Crippen molar-refractivity contribution in [3.8, 4) is 0 Å². The molecular weight excluding hydrogens is 258 g/mol. The summed E-state index contributed by atoms with van der Waals surface area (Å²) in [5, 5.41) is 0. The second kappa shape index (κ2) is 7.91. The molecule has 2 rings (SSSR count). The molecule has 0 bridgehead atoms. The van der Waals surface area contributed by atoms with E-state index >= 15 is 0 Å². The molecule has 112 valence electrons. The zero-order chi connectivity index (χ0) is 15.1. The summed E-state index contributed by atoms with van der Waals surface area (Å²) in [7, 11) is 0. The van der Waals surface area contributed by atoms with Crippen molar-refractivity contribution in [2.24, 2.45) is 11.8 Å². The van der Waals surface area contributed by atoms with Gasteiger partial charge in [0.05, 0.1) is 0 Å². The topological polar surface area (TPSA) is 50.9 Å². The SMILES string of the molecule is CCC(C)C(c1ccccc1)C(Cc1ccncc1)NN. The molecule has 0 aliphatic carbocycles. The molecule has 1 aromatic carbocycles. The summed E-state index contributed by atoms with van der Waals surface area (Å²) in [5.74, 6) is 6.85. The molecule has 3 heteroatoms. The molecule has 0 spiro atoms. The first kappa shape index (κ1) is 15.7. The van der Waals surface area contributed by atoms with E-state index in [2.05, 4.69) is 66.7 Å². The van der Waals surface area contributed by atoms with Gasteiger partial charge in [-0.05, 0) is 35.6 Å². The molecule has 0 amide bonds. The molecule has 0 saturated heterocycles. The zero-order valence-electron chi connectivity index (χ0n) is 12.9. The van der Waals surface area contributed by atoms with Gasteiger partial charge in [-0.15, -0.1) is 0 Å². The van der Waals surface area contributed by atoms with E-state index in [1.165, 1.54) is 11.1 Å². The van der Waals surface area contributed by atoms with Gasteiger partial charge in [0, 0.05) is 24.4 Å². The van der Waals surface area contributed by atoms with Crippen molar-refractivity contribution >= 4 is 0 Å². The smallest absolute Gasteiger partial charge is 0.0322 e. The van der Waals surface area contributed by atoms with Crippen molar-refractivity contribution < 1.29 is 0 Å². The van der Waals surface area contributed by atoms with Crippen LogP contribution in [0.15, 0.2) is 54.9 Å². The van der Waals surface area contributed by atoms with Crippen LogP contribution < -0.4 is 11.3 Å². The molecule has 0 fully saturated rings. The lowest BCUT2D eigenvalue weighted by Crippen LogP contribution is -2.43. The van der Waals surface area contributed by atoms with E-state index in [1.54, 1.807) is 0 Å². The number of hydrazine groups is 1. The number of benzene rings is 1. The molecule has 1 aromatic heterocycles. The van der Waals surface area contributed by atoms with Gasteiger partial charge in [0.25, 0.3) is 0 Å². The first-order valence-corrected chi connectivity index (χ1v) is 7.66. The van der Waals surface area contributed by atoms with Gasteiger partial charge in [-0.3, -0.25) is 16.3 Å². The van der Waals surface area contributed by atoms with E-state index in [0.29, 0.717) is 11.8 Å². The number of hydrogen-bond acceptors (Lipinski definition) is 3. The summed E-state index contributed by atoms with van der Waals surface area (Å²) in [5.41, 5.74) is 5.66. The Morgan fingerprint density at radius 1 is 1.10 bits per heavy atom. The van der Waals surface area contributed by atoms with E-state index in [0.717, 1.165) is 12.8 Å². The Morgan fingerprint density at radius 3 is 2.33 bits per heavy atom. The minimum Gasteiger partial charge on any atom is -0.271 e. The van der Waals surface area contributed by atoms with Gasteiger partial charge in [-0.25, -0.2) is 0 Å². The van der Waals surface area contributed by atoms with Gasteiger partial charge >= 0.3 is 0 Å². The fraction of sp³-hybridized carbons (Fsp3) is 0.389. The third-order valence-electron chi connectivity index (χ3n) is 4.29. The Hall–Kier alpha value is -1.71. The molecule has 3 N–H and O–H groups in total. The van der Waals surface area contributed by atoms with Crippen molar-refractivity contribution in [2.75, 3.05) is 0 Å². The Kier molecular flexibility index (Phi) is 5.90. The highest BCUT2D eigenvalue weighted by molar-refractivity contribution is 5.24. The average molecular weight is 283 g/mol. The molecular formula is C18H25N3. The summed E-state index contributed by atoms with van der Waals surface area (Å²) in [6.07, 6.45) is 5.71. The van der Waals surface area contributed by atoms with Crippen molar-refractivity contribution in [1.29, 1.82) is 0 Å². The maximum Gasteiger partial charge on any atom is 0.0322 e. The zero-order valence-corrected chi connectivity index (χ0v) is 12.9. The highest BCUT2D eigenvalue weighted by Crippen LogP contribution is 2.31. The van der Waals surface area contributed by atoms with Crippen LogP contribution in [0, 0.1) is 5.92 Å². The first-order valence-electron chi connectivity index (χ1n) is 7.66. The number of aromatic nitrogens is 1. The first-order chi connectivity index (χ1) is 10.3. The van der Waals surface area contributed by atoms with E-state index < -0.39 is 0 Å². The van der Waals surface area contributed by atoms with Gasteiger partial charge < -0.3 is 0 Å². The third-order valence-corrected chi connectivity index (χ3v) is 4.29. The Balaban J connectivity index is 2.25. The van der Waals surface area contributed by atoms with Gasteiger partial charge in [0.15, 0.2) is 0 Å². The normalized spacial score (nSPS) is 15.4. The maximum atomic E-state index is 5.89. The number of rotatable bonds is 7. The predicted octanol–water partition coefficient (Wildman–Crippen LogP) is 3.29. The van der Waals surface area contributed by atoms with Crippen molar-refractivity contribution in [3.63, 3.8) is 0 Å². The van der Waals surface area contributed by atoms with Crippen molar-refractivity contribution in [2.45, 2.75) is 38.6 Å². The van der Waals surface area contributed by atoms with Gasteiger partial charge in [-0.2, -0.15) is 0 Å². The maximum absolute atomic E-state index is 5.89. The van der Waals surface area contributed by atoms with E-state index in [4.69, 9.17) is 5.84 Å². The van der Waals surface area contributed by atoms with Crippen LogP contribution in [0.4, 0.5) is 0 Å². The number of hydrogen-bond donors (Lipinski definition) is 2. The van der Waals surface area contributed by atoms with Gasteiger partial charge in [-0.1, -0.05) is 50.6 Å². The Bertz CT molecular complexity index is 513. The highest BCUT2D eigenvalue weighted by Gasteiger charge is 2.26. The average Bonchev–Trinajstić information content (AvgIpc) is 2.56. The molecule has 0 saturated carbocycles. The molecule has 3 unspecified atom stereocenters. The van der Waals surface area contributed by atoms with Crippen LogP contribution >= 0.6 is 0 Å². The number of nitrogens with zero attached hydrogens (tertiary/aromatic N) is 1. The highest BCUT2D eigenvalue weighted by atomic mass is 15.2. The van der Waals surface area contributed by atoms with Gasteiger partial charge in [0.1, 0.15) is 0 Å². The quantitative estimate of drug-likeness (QED) is 0.605. The fourth-order valence-electron chi connectivity index (χ4n) is 2.95. The molecule has 3 nitrogen and oxygen atoms in total. The minimum atomic E-state index is 0.213. The van der Waals surface area contributed by atoms with Crippen LogP contribution in [-0.4, -0.2) is 11.0 Å². The monoisotopic (exact) mass is 283 g/mol. The Morgan fingerprint density at radius 2 is 1.76 bits per heavy atom. The second-order valence-electron chi connectivity index (χ2n) is 5.65. The predicted molar refractivity (Wildman–Crippen MR) is 87.7 cm³/mol. The fourth-order valence-corrected chi connectivity index (χ4v) is 2.95. The van der Waals surface area contributed by atoms with Crippen molar-refractivity contribution in [3.05, 3.63) is 66.0 Å². The van der Waals surface area contributed by atoms with Crippen LogP contribution in [0.25, 0.3) is 0 Å². The number of nitrogens with one attached hydrogen (secondary N) is 1. The van der Waals surface area contributed by atoms with Gasteiger partial charge in [0.2, 0.25) is 0 Å². The summed E-state index contributed by atoms with van der Waals surface area (Å²) in [6, 6.07) is 15.0. The number of pyridine rings is 1. The summed E-state index contributed by atoms with van der Waals surface area (Å²) < 4.78 is 0. The molecule has 1 heterocycles. The molecule has 3 atom stereocenters. The molecule has 2 aromatic rings. The summed E-state index contributed by atoms with van der Waals surface area (Å²) in [4.78, 5) is 4.08. The summed E-state index contributed by atoms with van der Waals surface area (Å²) in [6.45, 7) is 4.54. The van der Waals surface area contributed by atoms with E-state index in [-0.39, 0.29) is 6.04 Å². The molecule has 0 aliphatic rings. The van der Waals surface area contributed by atoms with E-state index in [1.807, 2.05) is 12.4 Å². The minimum absolute atomic E-state index is 0.213. The second-order valence-corrected chi connectivity index (χ2v) is 5.65. The van der Waals surface area contributed by atoms with Crippen LogP contribution in [-0.2, 0) is 6.42 Å². The third kappa shape index (κ3) is 4.13. The molecule has 21 heavy (non-hydrogen) atoms. The van der Waals surface area contributed by atoms with E-state index in [9.17, 15) is 0 Å². The summed E-state index contributed by atoms with van der Waals surface area (Å²) >= 11 is 0. The van der Waals surface area contributed by atoms with Crippen molar-refractivity contribution in [1.82, 2.24) is 10.4 Å². The lowest BCUT2D eigenvalue weighted by atomic mass is 9.78. The van der Waals surface area contributed by atoms with Crippen LogP contribution in [0.5, 0.6) is 0 Å². The molecule has 0 aliphatic heterocycles. The van der Waals surface area contributed by atoms with Crippen LogP contribution in [0.2, 0.25) is 0 Å². The lowest BCUT2D eigenvalue weighted by Gasteiger charge is -2.31. The van der Waals surface area contributed by atoms with Crippen LogP contribution in [0.1, 0.15) is 37.3 Å². The van der Waals surface area contributed by atoms with Crippen LogP contribution in [0.3, 0.4) is 0 Å². The lowest BCUT2D eigenvalue weighted by molar-refractivity contribution is 0.335.